The topological polar surface area (TPSA) is 101 Å². The molecule has 1 atom stereocenters. The number of rotatable bonds is 8. The number of fused-ring (bicyclic) bond motifs is 1. The molecule has 0 saturated heterocycles. The first-order chi connectivity index (χ1) is 16.1. The number of methoxy groups -OCH3 is 1. The van der Waals surface area contributed by atoms with E-state index in [0.717, 1.165) is 49.8 Å². The van der Waals surface area contributed by atoms with Crippen LogP contribution in [0, 0.1) is 11.3 Å². The number of hydrogen-bond donors (Lipinski definition) is 1. The summed E-state index contributed by atoms with van der Waals surface area (Å²) in [6.45, 7) is 0.475. The van der Waals surface area contributed by atoms with Crippen LogP contribution in [0.3, 0.4) is 0 Å². The van der Waals surface area contributed by atoms with Crippen molar-refractivity contribution in [3.63, 3.8) is 0 Å². The van der Waals surface area contributed by atoms with Crippen molar-refractivity contribution in [3.8, 4) is 6.07 Å². The molecule has 1 amide bonds. The summed E-state index contributed by atoms with van der Waals surface area (Å²) in [5.74, 6) is -1.19. The van der Waals surface area contributed by atoms with Crippen LogP contribution in [-0.2, 0) is 28.9 Å². The molecule has 7 nitrogen and oxygen atoms in total. The molecule has 174 valence electrons. The second kappa shape index (κ2) is 12.0. The molecule has 1 aromatic carbocycles. The quantitative estimate of drug-likeness (QED) is 0.487. The lowest BCUT2D eigenvalue weighted by molar-refractivity contribution is -0.143. The van der Waals surface area contributed by atoms with Gasteiger partial charge in [0, 0.05) is 18.7 Å². The van der Waals surface area contributed by atoms with Gasteiger partial charge in [0.1, 0.15) is 5.56 Å². The zero-order valence-corrected chi connectivity index (χ0v) is 19.1. The van der Waals surface area contributed by atoms with E-state index < -0.39 is 17.9 Å². The van der Waals surface area contributed by atoms with Crippen LogP contribution in [0.4, 0.5) is 0 Å². The third-order valence-corrected chi connectivity index (χ3v) is 6.11. The molecule has 2 aromatic rings. The molecule has 0 radical (unpaired) electrons. The molecule has 1 aliphatic carbocycles. The van der Waals surface area contributed by atoms with Crippen LogP contribution in [0.2, 0.25) is 0 Å². The number of nitriles is 1. The molecule has 0 aliphatic heterocycles. The average molecular weight is 450 g/mol. The number of carbonyl (C=O) groups is 2. The van der Waals surface area contributed by atoms with E-state index in [1.54, 1.807) is 34.9 Å². The maximum absolute atomic E-state index is 13.4. The zero-order valence-electron chi connectivity index (χ0n) is 19.1. The van der Waals surface area contributed by atoms with Gasteiger partial charge < -0.3 is 14.6 Å². The number of pyridine rings is 1. The first kappa shape index (κ1) is 24.2. The minimum Gasteiger partial charge on any atom is -0.467 e. The Morgan fingerprint density at radius 2 is 1.85 bits per heavy atom. The number of amides is 1. The molecule has 7 heteroatoms. The fraction of sp³-hybridized carbons (Fsp3) is 0.462. The van der Waals surface area contributed by atoms with Gasteiger partial charge in [-0.05, 0) is 55.7 Å². The maximum Gasteiger partial charge on any atom is 0.333 e. The molecule has 0 spiro atoms. The normalized spacial score (nSPS) is 14.2. The molecule has 0 bridgehead atoms. The van der Waals surface area contributed by atoms with E-state index in [2.05, 4.69) is 11.4 Å². The molecule has 0 unspecified atom stereocenters. The number of nitrogens with one attached hydrogen (secondary N) is 1. The van der Waals surface area contributed by atoms with Gasteiger partial charge in [-0.1, -0.05) is 43.2 Å². The first-order valence-corrected chi connectivity index (χ1v) is 11.6. The lowest BCUT2D eigenvalue weighted by atomic mass is 9.95. The zero-order chi connectivity index (χ0) is 23.6. The van der Waals surface area contributed by atoms with E-state index in [0.29, 0.717) is 31.4 Å². The number of aryl methyl sites for hydroxylation is 1. The van der Waals surface area contributed by atoms with Gasteiger partial charge in [-0.3, -0.25) is 9.59 Å². The molecule has 0 fully saturated rings. The van der Waals surface area contributed by atoms with E-state index in [1.807, 2.05) is 6.07 Å². The van der Waals surface area contributed by atoms with E-state index in [-0.39, 0.29) is 11.1 Å². The van der Waals surface area contributed by atoms with Crippen LogP contribution in [0.5, 0.6) is 0 Å². The fourth-order valence-electron chi connectivity index (χ4n) is 4.36. The molecule has 0 saturated carbocycles. The smallest absolute Gasteiger partial charge is 0.333 e. The van der Waals surface area contributed by atoms with Crippen molar-refractivity contribution in [1.29, 1.82) is 5.26 Å². The number of ether oxygens (including phenoxy) is 1. The van der Waals surface area contributed by atoms with E-state index in [4.69, 9.17) is 10.00 Å². The SMILES string of the molecule is COC(=O)[C@H](NC(=O)c1cc2c(n(CCCCC#N)c1=O)CCCCCC2)c1ccccc1. The number of carbonyl (C=O) groups excluding carboxylic acids is 2. The summed E-state index contributed by atoms with van der Waals surface area (Å²) in [5, 5.41) is 11.5. The Labute approximate surface area is 194 Å². The highest BCUT2D eigenvalue weighted by Crippen LogP contribution is 2.21. The largest absolute Gasteiger partial charge is 0.467 e. The van der Waals surface area contributed by atoms with Crippen LogP contribution in [0.25, 0.3) is 0 Å². The van der Waals surface area contributed by atoms with Gasteiger partial charge in [0.05, 0.1) is 13.2 Å². The molecule has 1 aromatic heterocycles. The Balaban J connectivity index is 1.97. The fourth-order valence-corrected chi connectivity index (χ4v) is 4.36. The Morgan fingerprint density at radius 1 is 1.12 bits per heavy atom. The van der Waals surface area contributed by atoms with E-state index in [1.165, 1.54) is 7.11 Å². The summed E-state index contributed by atoms with van der Waals surface area (Å²) in [4.78, 5) is 39.1. The van der Waals surface area contributed by atoms with Crippen LogP contribution in [-0.4, -0.2) is 23.6 Å². The van der Waals surface area contributed by atoms with Gasteiger partial charge in [-0.15, -0.1) is 0 Å². The van der Waals surface area contributed by atoms with Crippen molar-refractivity contribution in [3.05, 3.63) is 69.1 Å². The van der Waals surface area contributed by atoms with Gasteiger partial charge >= 0.3 is 5.97 Å². The summed E-state index contributed by atoms with van der Waals surface area (Å²) in [6, 6.07) is 11.7. The molecular weight excluding hydrogens is 418 g/mol. The van der Waals surface area contributed by atoms with Crippen LogP contribution in [0.15, 0.2) is 41.2 Å². The highest BCUT2D eigenvalue weighted by molar-refractivity contribution is 5.97. The second-order valence-electron chi connectivity index (χ2n) is 8.36. The molecule has 1 aliphatic rings. The van der Waals surface area contributed by atoms with Gasteiger partial charge in [-0.25, -0.2) is 4.79 Å². The Bertz CT molecular complexity index is 1070. The van der Waals surface area contributed by atoms with E-state index in [9.17, 15) is 14.4 Å². The predicted molar refractivity (Wildman–Crippen MR) is 125 cm³/mol. The summed E-state index contributed by atoms with van der Waals surface area (Å²) in [5.41, 5.74) is 2.30. The number of aromatic nitrogens is 1. The Morgan fingerprint density at radius 3 is 2.55 bits per heavy atom. The Kier molecular flexibility index (Phi) is 8.82. The van der Waals surface area contributed by atoms with Crippen molar-refractivity contribution >= 4 is 11.9 Å². The third kappa shape index (κ3) is 6.10. The summed E-state index contributed by atoms with van der Waals surface area (Å²) in [7, 11) is 1.27. The van der Waals surface area contributed by atoms with Crippen molar-refractivity contribution in [2.45, 2.75) is 70.4 Å². The third-order valence-electron chi connectivity index (χ3n) is 6.11. The van der Waals surface area contributed by atoms with Gasteiger partial charge in [0.25, 0.3) is 11.5 Å². The Hall–Kier alpha value is -3.40. The van der Waals surface area contributed by atoms with Gasteiger partial charge in [-0.2, -0.15) is 5.26 Å². The standard InChI is InChI=1S/C26H31N3O4/c1-33-26(32)23(19-12-7-4-8-13-19)28-24(30)21-18-20-14-6-2-3-9-15-22(20)29(25(21)31)17-11-5-10-16-27/h4,7-8,12-13,18,23H,2-3,5-6,9-11,14-15,17H2,1H3,(H,28,30)/t23-/m1/s1. The minimum atomic E-state index is -1.01. The highest BCUT2D eigenvalue weighted by atomic mass is 16.5. The van der Waals surface area contributed by atoms with Crippen molar-refractivity contribution in [2.75, 3.05) is 7.11 Å². The van der Waals surface area contributed by atoms with Gasteiger partial charge in [0.15, 0.2) is 6.04 Å². The molecule has 3 rings (SSSR count). The lowest BCUT2D eigenvalue weighted by Crippen LogP contribution is -2.39. The second-order valence-corrected chi connectivity index (χ2v) is 8.36. The molecule has 33 heavy (non-hydrogen) atoms. The highest BCUT2D eigenvalue weighted by Gasteiger charge is 2.27. The summed E-state index contributed by atoms with van der Waals surface area (Å²) in [6.07, 6.45) is 7.72. The maximum atomic E-state index is 13.4. The molecular formula is C26H31N3O4. The first-order valence-electron chi connectivity index (χ1n) is 11.6. The minimum absolute atomic E-state index is 0.0411. The van der Waals surface area contributed by atoms with Crippen molar-refractivity contribution in [1.82, 2.24) is 9.88 Å². The number of esters is 1. The van der Waals surface area contributed by atoms with Crippen LogP contribution in [0.1, 0.15) is 78.2 Å². The number of benzene rings is 1. The monoisotopic (exact) mass is 449 g/mol. The van der Waals surface area contributed by atoms with Gasteiger partial charge in [0.2, 0.25) is 0 Å². The number of unbranched alkanes of at least 4 members (excludes halogenated alkanes) is 2. The van der Waals surface area contributed by atoms with Crippen molar-refractivity contribution < 1.29 is 14.3 Å². The summed E-state index contributed by atoms with van der Waals surface area (Å²) >= 11 is 0. The predicted octanol–water partition coefficient (Wildman–Crippen LogP) is 3.85. The average Bonchev–Trinajstić information content (AvgIpc) is 2.82. The number of hydrogen-bond acceptors (Lipinski definition) is 5. The van der Waals surface area contributed by atoms with Crippen molar-refractivity contribution in [2.24, 2.45) is 0 Å². The lowest BCUT2D eigenvalue weighted by Gasteiger charge is -2.22. The van der Waals surface area contributed by atoms with Crippen LogP contribution < -0.4 is 10.9 Å². The number of nitrogens with zero attached hydrogens (tertiary/aromatic N) is 2. The van der Waals surface area contributed by atoms with Crippen LogP contribution >= 0.6 is 0 Å². The van der Waals surface area contributed by atoms with E-state index >= 15 is 0 Å². The molecule has 1 N–H and O–H groups in total. The summed E-state index contributed by atoms with van der Waals surface area (Å²) < 4.78 is 6.62. The molecule has 1 heterocycles.